The lowest BCUT2D eigenvalue weighted by Gasteiger charge is -2.16. The largest absolute Gasteiger partial charge is 0.374 e. The Morgan fingerprint density at radius 3 is 2.48 bits per heavy atom. The molecule has 0 aliphatic heterocycles. The molecule has 0 saturated heterocycles. The summed E-state index contributed by atoms with van der Waals surface area (Å²) < 4.78 is 26.9. The Labute approximate surface area is 122 Å². The van der Waals surface area contributed by atoms with E-state index in [4.69, 9.17) is 0 Å². The highest BCUT2D eigenvalue weighted by atomic mass is 19.1. The van der Waals surface area contributed by atoms with Gasteiger partial charge in [-0.15, -0.1) is 0 Å². The van der Waals surface area contributed by atoms with Gasteiger partial charge in [0.1, 0.15) is 17.7 Å². The molecule has 0 bridgehead atoms. The molecule has 0 radical (unpaired) electrons. The van der Waals surface area contributed by atoms with Gasteiger partial charge in [-0.25, -0.2) is 8.78 Å². The average Bonchev–Trinajstić information content (AvgIpc) is 2.45. The molecule has 21 heavy (non-hydrogen) atoms. The molecule has 2 rings (SSSR count). The molecule has 3 nitrogen and oxygen atoms in total. The van der Waals surface area contributed by atoms with E-state index in [2.05, 4.69) is 10.6 Å². The topological polar surface area (TPSA) is 41.1 Å². The summed E-state index contributed by atoms with van der Waals surface area (Å²) in [6, 6.07) is 9.92. The summed E-state index contributed by atoms with van der Waals surface area (Å²) in [5, 5.41) is 5.36. The molecule has 1 unspecified atom stereocenters. The first-order chi connectivity index (χ1) is 9.97. The van der Waals surface area contributed by atoms with Gasteiger partial charge in [0.15, 0.2) is 0 Å². The van der Waals surface area contributed by atoms with Gasteiger partial charge in [-0.1, -0.05) is 18.2 Å². The van der Waals surface area contributed by atoms with E-state index in [-0.39, 0.29) is 11.5 Å². The molecule has 1 atom stereocenters. The van der Waals surface area contributed by atoms with Crippen LogP contribution in [0.2, 0.25) is 0 Å². The minimum atomic E-state index is -0.633. The van der Waals surface area contributed by atoms with Crippen LogP contribution in [-0.4, -0.2) is 11.9 Å². The van der Waals surface area contributed by atoms with Crippen molar-refractivity contribution < 1.29 is 13.6 Å². The lowest BCUT2D eigenvalue weighted by Crippen LogP contribution is -2.32. The number of para-hydroxylation sites is 1. The molecule has 2 N–H and O–H groups in total. The number of nitrogens with one attached hydrogen (secondary N) is 2. The van der Waals surface area contributed by atoms with Crippen molar-refractivity contribution in [2.75, 3.05) is 10.6 Å². The van der Waals surface area contributed by atoms with Gasteiger partial charge >= 0.3 is 0 Å². The third-order valence-corrected chi connectivity index (χ3v) is 3.08. The molecule has 0 aromatic heterocycles. The van der Waals surface area contributed by atoms with Crippen molar-refractivity contribution in [3.63, 3.8) is 0 Å². The first-order valence-electron chi connectivity index (χ1n) is 6.55. The molecular weight excluding hydrogens is 274 g/mol. The number of amides is 1. The Morgan fingerprint density at radius 2 is 1.81 bits per heavy atom. The maximum Gasteiger partial charge on any atom is 0.246 e. The smallest absolute Gasteiger partial charge is 0.246 e. The van der Waals surface area contributed by atoms with Gasteiger partial charge in [0.2, 0.25) is 5.91 Å². The van der Waals surface area contributed by atoms with Gasteiger partial charge in [-0.2, -0.15) is 0 Å². The average molecular weight is 290 g/mol. The Bertz CT molecular complexity index is 658. The molecule has 0 spiro atoms. The van der Waals surface area contributed by atoms with E-state index >= 15 is 0 Å². The number of anilines is 2. The zero-order valence-corrected chi connectivity index (χ0v) is 11.8. The van der Waals surface area contributed by atoms with E-state index in [1.165, 1.54) is 18.2 Å². The quantitative estimate of drug-likeness (QED) is 0.901. The van der Waals surface area contributed by atoms with Crippen LogP contribution in [0.15, 0.2) is 42.5 Å². The summed E-state index contributed by atoms with van der Waals surface area (Å²) in [7, 11) is 0. The van der Waals surface area contributed by atoms with Gasteiger partial charge in [0.25, 0.3) is 0 Å². The van der Waals surface area contributed by atoms with Crippen LogP contribution < -0.4 is 10.6 Å². The summed E-state index contributed by atoms with van der Waals surface area (Å²) in [5.74, 6) is -1.25. The van der Waals surface area contributed by atoms with Crippen LogP contribution in [0.4, 0.5) is 20.2 Å². The lowest BCUT2D eigenvalue weighted by atomic mass is 10.2. The van der Waals surface area contributed by atoms with E-state index in [1.54, 1.807) is 38.1 Å². The van der Waals surface area contributed by atoms with Crippen molar-refractivity contribution in [2.24, 2.45) is 0 Å². The summed E-state index contributed by atoms with van der Waals surface area (Å²) in [6.45, 7) is 3.28. The van der Waals surface area contributed by atoms with Crippen LogP contribution in [-0.2, 0) is 4.79 Å². The van der Waals surface area contributed by atoms with Crippen molar-refractivity contribution in [3.05, 3.63) is 59.7 Å². The Kier molecular flexibility index (Phi) is 4.52. The number of aryl methyl sites for hydroxylation is 1. The number of rotatable bonds is 4. The van der Waals surface area contributed by atoms with Crippen LogP contribution in [0.1, 0.15) is 12.5 Å². The number of hydrogen-bond acceptors (Lipinski definition) is 2. The zero-order valence-electron chi connectivity index (χ0n) is 11.8. The van der Waals surface area contributed by atoms with E-state index < -0.39 is 17.8 Å². The number of benzene rings is 2. The normalized spacial score (nSPS) is 11.8. The molecule has 110 valence electrons. The SMILES string of the molecule is Cc1ccc(NC(C)C(=O)Nc2ccccc2F)cc1F. The minimum Gasteiger partial charge on any atom is -0.374 e. The fourth-order valence-corrected chi connectivity index (χ4v) is 1.80. The second-order valence-corrected chi connectivity index (χ2v) is 4.80. The first-order valence-corrected chi connectivity index (χ1v) is 6.55. The molecule has 0 aliphatic carbocycles. The molecule has 1 amide bonds. The van der Waals surface area contributed by atoms with Gasteiger partial charge in [-0.3, -0.25) is 4.79 Å². The molecule has 0 saturated carbocycles. The van der Waals surface area contributed by atoms with Crippen LogP contribution >= 0.6 is 0 Å². The summed E-state index contributed by atoms with van der Waals surface area (Å²) in [6.07, 6.45) is 0. The fraction of sp³-hybridized carbons (Fsp3) is 0.188. The standard InChI is InChI=1S/C16H16F2N2O/c1-10-7-8-12(9-14(10)18)19-11(2)16(21)20-15-6-4-3-5-13(15)17/h3-9,11,19H,1-2H3,(H,20,21). The second-order valence-electron chi connectivity index (χ2n) is 4.80. The van der Waals surface area contributed by atoms with E-state index in [1.807, 2.05) is 0 Å². The zero-order chi connectivity index (χ0) is 15.4. The summed E-state index contributed by atoms with van der Waals surface area (Å²) in [5.41, 5.74) is 1.14. The lowest BCUT2D eigenvalue weighted by molar-refractivity contribution is -0.116. The summed E-state index contributed by atoms with van der Waals surface area (Å²) in [4.78, 5) is 12.0. The van der Waals surface area contributed by atoms with E-state index in [9.17, 15) is 13.6 Å². The second kappa shape index (κ2) is 6.35. The van der Waals surface area contributed by atoms with E-state index in [0.29, 0.717) is 11.3 Å². The number of carbonyl (C=O) groups excluding carboxylic acids is 1. The molecule has 2 aromatic carbocycles. The van der Waals surface area contributed by atoms with Gasteiger partial charge in [0.05, 0.1) is 5.69 Å². The van der Waals surface area contributed by atoms with Gasteiger partial charge in [0, 0.05) is 5.69 Å². The highest BCUT2D eigenvalue weighted by molar-refractivity contribution is 5.96. The number of halogens is 2. The van der Waals surface area contributed by atoms with Gasteiger partial charge in [-0.05, 0) is 43.7 Å². The highest BCUT2D eigenvalue weighted by Gasteiger charge is 2.14. The molecule has 0 fully saturated rings. The summed E-state index contributed by atoms with van der Waals surface area (Å²) >= 11 is 0. The highest BCUT2D eigenvalue weighted by Crippen LogP contribution is 2.16. The van der Waals surface area contributed by atoms with Crippen LogP contribution in [0.3, 0.4) is 0 Å². The Hall–Kier alpha value is -2.43. The third-order valence-electron chi connectivity index (χ3n) is 3.08. The van der Waals surface area contributed by atoms with Crippen molar-refractivity contribution >= 4 is 17.3 Å². The third kappa shape index (κ3) is 3.78. The molecule has 5 heteroatoms. The van der Waals surface area contributed by atoms with Gasteiger partial charge < -0.3 is 10.6 Å². The van der Waals surface area contributed by atoms with Crippen LogP contribution in [0.25, 0.3) is 0 Å². The number of hydrogen-bond donors (Lipinski definition) is 2. The van der Waals surface area contributed by atoms with Crippen LogP contribution in [0, 0.1) is 18.6 Å². The monoisotopic (exact) mass is 290 g/mol. The van der Waals surface area contributed by atoms with E-state index in [0.717, 1.165) is 0 Å². The molecular formula is C16H16F2N2O. The van der Waals surface area contributed by atoms with Crippen molar-refractivity contribution in [2.45, 2.75) is 19.9 Å². The van der Waals surface area contributed by atoms with Crippen molar-refractivity contribution in [3.8, 4) is 0 Å². The Morgan fingerprint density at radius 1 is 1.10 bits per heavy atom. The minimum absolute atomic E-state index is 0.117. The van der Waals surface area contributed by atoms with Crippen molar-refractivity contribution in [1.82, 2.24) is 0 Å². The molecule has 0 heterocycles. The fourth-order valence-electron chi connectivity index (χ4n) is 1.80. The maximum atomic E-state index is 13.5. The van der Waals surface area contributed by atoms with Crippen molar-refractivity contribution in [1.29, 1.82) is 0 Å². The molecule has 0 aliphatic rings. The number of carbonyl (C=O) groups is 1. The predicted molar refractivity (Wildman–Crippen MR) is 79.3 cm³/mol. The predicted octanol–water partition coefficient (Wildman–Crippen LogP) is 3.71. The molecule has 2 aromatic rings. The Balaban J connectivity index is 2.02. The maximum absolute atomic E-state index is 13.5. The first kappa shape index (κ1) is 15.0. The van der Waals surface area contributed by atoms with Crippen LogP contribution in [0.5, 0.6) is 0 Å².